The first-order valence-electron chi connectivity index (χ1n) is 8.79. The Kier molecular flexibility index (Phi) is 3.27. The summed E-state index contributed by atoms with van der Waals surface area (Å²) in [5.74, 6) is 14.4. The first kappa shape index (κ1) is 15.0. The van der Waals surface area contributed by atoms with Crippen molar-refractivity contribution in [3.8, 4) is 46.2 Å². The molecular formula is C22H16N2O2. The molecule has 0 fully saturated rings. The van der Waals surface area contributed by atoms with Gasteiger partial charge in [-0.05, 0) is 49.7 Å². The molecule has 0 atom stereocenters. The minimum Gasteiger partial charge on any atom is -0.434 e. The first-order chi connectivity index (χ1) is 12.8. The fraction of sp³-hybridized carbons (Fsp3) is 0.273. The number of hydrogen-bond donors (Lipinski definition) is 0. The molecule has 5 rings (SSSR count). The van der Waals surface area contributed by atoms with E-state index >= 15 is 0 Å². The van der Waals surface area contributed by atoms with E-state index in [4.69, 9.17) is 8.83 Å². The third-order valence-electron chi connectivity index (χ3n) is 5.00. The highest BCUT2D eigenvalue weighted by Crippen LogP contribution is 2.42. The van der Waals surface area contributed by atoms with Gasteiger partial charge in [0.15, 0.2) is 0 Å². The van der Waals surface area contributed by atoms with Crippen LogP contribution < -0.4 is 0 Å². The highest BCUT2D eigenvalue weighted by atomic mass is 16.4. The molecule has 2 heterocycles. The molecule has 0 radical (unpaired) electrons. The molecule has 0 N–H and O–H groups in total. The van der Waals surface area contributed by atoms with Gasteiger partial charge in [0.25, 0.3) is 11.8 Å². The Morgan fingerprint density at radius 3 is 1.62 bits per heavy atom. The van der Waals surface area contributed by atoms with Crippen molar-refractivity contribution in [3.05, 3.63) is 46.6 Å². The third-order valence-corrected chi connectivity index (χ3v) is 5.00. The summed E-state index contributed by atoms with van der Waals surface area (Å²) in [5.41, 5.74) is 6.93. The van der Waals surface area contributed by atoms with Crippen molar-refractivity contribution >= 4 is 0 Å². The van der Waals surface area contributed by atoms with Crippen LogP contribution in [0.1, 0.15) is 48.3 Å². The smallest absolute Gasteiger partial charge is 0.273 e. The van der Waals surface area contributed by atoms with Crippen molar-refractivity contribution in [1.82, 2.24) is 9.97 Å². The van der Waals surface area contributed by atoms with Gasteiger partial charge >= 0.3 is 0 Å². The predicted molar refractivity (Wildman–Crippen MR) is 97.4 cm³/mol. The molecule has 0 saturated carbocycles. The summed E-state index contributed by atoms with van der Waals surface area (Å²) in [7, 11) is 0. The number of rotatable bonds is 0. The Bertz CT molecular complexity index is 1080. The van der Waals surface area contributed by atoms with Gasteiger partial charge in [-0.15, -0.1) is 0 Å². The topological polar surface area (TPSA) is 52.1 Å². The Labute approximate surface area is 151 Å². The van der Waals surface area contributed by atoms with Crippen molar-refractivity contribution in [1.29, 1.82) is 0 Å². The zero-order chi connectivity index (χ0) is 17.7. The Morgan fingerprint density at radius 2 is 1.19 bits per heavy atom. The third kappa shape index (κ3) is 2.13. The van der Waals surface area contributed by atoms with Crippen molar-refractivity contribution in [2.45, 2.75) is 39.5 Å². The van der Waals surface area contributed by atoms with Crippen LogP contribution in [-0.2, 0) is 25.7 Å². The van der Waals surface area contributed by atoms with Gasteiger partial charge in [-0.25, -0.2) is 9.97 Å². The van der Waals surface area contributed by atoms with E-state index in [9.17, 15) is 0 Å². The molecule has 0 spiro atoms. The summed E-state index contributed by atoms with van der Waals surface area (Å²) in [4.78, 5) is 9.22. The van der Waals surface area contributed by atoms with E-state index in [-0.39, 0.29) is 0 Å². The molecule has 3 aromatic rings. The van der Waals surface area contributed by atoms with Crippen LogP contribution in [0.15, 0.2) is 21.0 Å². The van der Waals surface area contributed by atoms with Crippen LogP contribution in [0.5, 0.6) is 0 Å². The second-order valence-electron chi connectivity index (χ2n) is 6.45. The molecule has 2 aliphatic rings. The van der Waals surface area contributed by atoms with Crippen LogP contribution in [0.2, 0.25) is 0 Å². The van der Waals surface area contributed by atoms with Crippen molar-refractivity contribution in [2.24, 2.45) is 0 Å². The van der Waals surface area contributed by atoms with Crippen molar-refractivity contribution < 1.29 is 8.83 Å². The molecule has 126 valence electrons. The Balaban J connectivity index is 1.67. The predicted octanol–water partition coefficient (Wildman–Crippen LogP) is 3.94. The van der Waals surface area contributed by atoms with Gasteiger partial charge in [0.2, 0.25) is 0 Å². The molecule has 0 bridgehead atoms. The lowest BCUT2D eigenvalue weighted by molar-refractivity contribution is 0.487. The lowest BCUT2D eigenvalue weighted by Gasteiger charge is -2.23. The van der Waals surface area contributed by atoms with Gasteiger partial charge < -0.3 is 8.83 Å². The second-order valence-corrected chi connectivity index (χ2v) is 6.45. The molecule has 0 amide bonds. The molecule has 0 saturated heterocycles. The lowest BCUT2D eigenvalue weighted by atomic mass is 9.81. The van der Waals surface area contributed by atoms with Crippen molar-refractivity contribution in [3.63, 3.8) is 0 Å². The van der Waals surface area contributed by atoms with E-state index in [1.807, 2.05) is 0 Å². The number of aryl methyl sites for hydroxylation is 2. The van der Waals surface area contributed by atoms with E-state index < -0.39 is 0 Å². The van der Waals surface area contributed by atoms with E-state index in [2.05, 4.69) is 45.8 Å². The molecule has 1 aromatic carbocycles. The minimum absolute atomic E-state index is 0.504. The summed E-state index contributed by atoms with van der Waals surface area (Å²) >= 11 is 0. The van der Waals surface area contributed by atoms with Gasteiger partial charge in [0.05, 0.1) is 0 Å². The average molecular weight is 340 g/mol. The monoisotopic (exact) mass is 340 g/mol. The maximum Gasteiger partial charge on any atom is 0.273 e. The maximum atomic E-state index is 5.81. The zero-order valence-corrected chi connectivity index (χ0v) is 14.7. The van der Waals surface area contributed by atoms with Gasteiger partial charge in [0.1, 0.15) is 22.9 Å². The highest BCUT2D eigenvalue weighted by Gasteiger charge is 2.29. The molecule has 0 unspecified atom stereocenters. The SMILES string of the molecule is CC#Cc1nc2c(o1)CCc1c-2ccc2c1CCc1oc(C#CC)nc1-2. The zero-order valence-electron chi connectivity index (χ0n) is 14.7. The number of nitrogens with zero attached hydrogens (tertiary/aromatic N) is 2. The molecule has 26 heavy (non-hydrogen) atoms. The fourth-order valence-corrected chi connectivity index (χ4v) is 3.97. The van der Waals surface area contributed by atoms with Crippen LogP contribution >= 0.6 is 0 Å². The maximum absolute atomic E-state index is 5.81. The Morgan fingerprint density at radius 1 is 0.731 bits per heavy atom. The van der Waals surface area contributed by atoms with Crippen LogP contribution in [0.3, 0.4) is 0 Å². The van der Waals surface area contributed by atoms with Crippen LogP contribution in [-0.4, -0.2) is 9.97 Å². The summed E-state index contributed by atoms with van der Waals surface area (Å²) < 4.78 is 11.6. The van der Waals surface area contributed by atoms with E-state index in [0.29, 0.717) is 11.8 Å². The average Bonchev–Trinajstić information content (AvgIpc) is 3.24. The first-order valence-corrected chi connectivity index (χ1v) is 8.79. The number of aromatic nitrogens is 2. The van der Waals surface area contributed by atoms with Crippen LogP contribution in [0.4, 0.5) is 0 Å². The van der Waals surface area contributed by atoms with Gasteiger partial charge in [-0.3, -0.25) is 0 Å². The molecule has 0 aliphatic heterocycles. The van der Waals surface area contributed by atoms with Gasteiger partial charge in [-0.2, -0.15) is 0 Å². The summed E-state index contributed by atoms with van der Waals surface area (Å²) in [5, 5.41) is 0. The summed E-state index contributed by atoms with van der Waals surface area (Å²) in [6.07, 6.45) is 3.62. The van der Waals surface area contributed by atoms with Crippen LogP contribution in [0.25, 0.3) is 22.5 Å². The van der Waals surface area contributed by atoms with E-state index in [0.717, 1.165) is 48.6 Å². The minimum atomic E-state index is 0.504. The molecular weight excluding hydrogens is 324 g/mol. The lowest BCUT2D eigenvalue weighted by Crippen LogP contribution is -2.11. The highest BCUT2D eigenvalue weighted by molar-refractivity contribution is 5.78. The molecule has 2 aromatic heterocycles. The largest absolute Gasteiger partial charge is 0.434 e. The standard InChI is InChI=1S/C22H16N2O2/c1-3-5-19-23-21-15-7-8-16-14(13(15)9-11-17(21)25-19)10-12-18-22(16)24-20(26-18)6-4-2/h7-8H,9-12H2,1-2H3. The van der Waals surface area contributed by atoms with Gasteiger partial charge in [-0.1, -0.05) is 24.0 Å². The van der Waals surface area contributed by atoms with Gasteiger partial charge in [0, 0.05) is 24.0 Å². The molecule has 2 aliphatic carbocycles. The molecule has 4 nitrogen and oxygen atoms in total. The number of hydrogen-bond acceptors (Lipinski definition) is 4. The van der Waals surface area contributed by atoms with Crippen molar-refractivity contribution in [2.75, 3.05) is 0 Å². The Hall–Kier alpha value is -3.24. The summed E-state index contributed by atoms with van der Waals surface area (Å²) in [6, 6.07) is 4.26. The normalized spacial score (nSPS) is 13.3. The number of oxazole rings is 2. The quantitative estimate of drug-likeness (QED) is 0.582. The fourth-order valence-electron chi connectivity index (χ4n) is 3.97. The second kappa shape index (κ2) is 5.64. The molecule has 4 heteroatoms. The van der Waals surface area contributed by atoms with E-state index in [1.54, 1.807) is 13.8 Å². The number of fused-ring (bicyclic) bond motifs is 7. The van der Waals surface area contributed by atoms with Crippen LogP contribution in [0, 0.1) is 23.7 Å². The van der Waals surface area contributed by atoms with E-state index in [1.165, 1.54) is 22.3 Å². The summed E-state index contributed by atoms with van der Waals surface area (Å²) in [6.45, 7) is 3.58. The number of benzene rings is 1.